The van der Waals surface area contributed by atoms with Crippen LogP contribution in [0.3, 0.4) is 0 Å². The molecule has 0 aliphatic rings. The van der Waals surface area contributed by atoms with Crippen molar-refractivity contribution in [3.8, 4) is 11.5 Å². The number of ether oxygens (including phenoxy) is 2. The Labute approximate surface area is 144 Å². The number of rotatable bonds is 6. The number of amides is 1. The van der Waals surface area contributed by atoms with Gasteiger partial charge in [-0.2, -0.15) is 0 Å². The van der Waals surface area contributed by atoms with Gasteiger partial charge in [0.05, 0.1) is 20.6 Å². The van der Waals surface area contributed by atoms with E-state index >= 15 is 0 Å². The number of anilines is 1. The van der Waals surface area contributed by atoms with Crippen LogP contribution in [0, 0.1) is 0 Å². The summed E-state index contributed by atoms with van der Waals surface area (Å²) in [6.07, 6.45) is 1.12. The third-order valence-corrected chi connectivity index (χ3v) is 4.31. The van der Waals surface area contributed by atoms with E-state index < -0.39 is 0 Å². The molecule has 0 fully saturated rings. The van der Waals surface area contributed by atoms with E-state index in [-0.39, 0.29) is 12.3 Å². The summed E-state index contributed by atoms with van der Waals surface area (Å²) in [6.45, 7) is 2.07. The Kier molecular flexibility index (Phi) is 6.04. The average Bonchev–Trinajstić information content (AvgIpc) is 2.56. The van der Waals surface area contributed by atoms with Gasteiger partial charge < -0.3 is 14.8 Å². The van der Waals surface area contributed by atoms with E-state index in [1.54, 1.807) is 20.3 Å². The van der Waals surface area contributed by atoms with Crippen molar-refractivity contribution in [3.05, 3.63) is 52.0 Å². The lowest BCUT2D eigenvalue weighted by molar-refractivity contribution is -0.115. The normalized spacial score (nSPS) is 10.3. The quantitative estimate of drug-likeness (QED) is 0.819. The minimum atomic E-state index is -0.0705. The largest absolute Gasteiger partial charge is 0.493 e. The first-order valence-corrected chi connectivity index (χ1v) is 8.16. The molecule has 2 rings (SSSR count). The summed E-state index contributed by atoms with van der Waals surface area (Å²) in [4.78, 5) is 12.4. The summed E-state index contributed by atoms with van der Waals surface area (Å²) in [7, 11) is 3.16. The molecule has 0 aliphatic carbocycles. The van der Waals surface area contributed by atoms with Crippen LogP contribution in [0.5, 0.6) is 11.5 Å². The molecule has 1 N–H and O–H groups in total. The lowest BCUT2D eigenvalue weighted by Gasteiger charge is -2.13. The Morgan fingerprint density at radius 1 is 1.09 bits per heavy atom. The maximum absolute atomic E-state index is 12.4. The van der Waals surface area contributed by atoms with E-state index in [0.717, 1.165) is 27.7 Å². The van der Waals surface area contributed by atoms with Gasteiger partial charge in [0.1, 0.15) is 0 Å². The van der Waals surface area contributed by atoms with Gasteiger partial charge in [0.25, 0.3) is 0 Å². The Morgan fingerprint density at radius 3 is 2.39 bits per heavy atom. The molecular weight excluding hydrogens is 358 g/mol. The van der Waals surface area contributed by atoms with Gasteiger partial charge in [-0.1, -0.05) is 41.1 Å². The van der Waals surface area contributed by atoms with Crippen LogP contribution in [0.15, 0.2) is 40.9 Å². The van der Waals surface area contributed by atoms with Crippen molar-refractivity contribution in [1.82, 2.24) is 0 Å². The van der Waals surface area contributed by atoms with Crippen LogP contribution >= 0.6 is 15.9 Å². The maximum atomic E-state index is 12.4. The molecule has 1 amide bonds. The highest BCUT2D eigenvalue weighted by molar-refractivity contribution is 9.10. The molecule has 0 heterocycles. The van der Waals surface area contributed by atoms with Crippen molar-refractivity contribution < 1.29 is 14.3 Å². The predicted molar refractivity (Wildman–Crippen MR) is 95.4 cm³/mol. The zero-order valence-electron chi connectivity index (χ0n) is 13.5. The molecule has 0 radical (unpaired) electrons. The van der Waals surface area contributed by atoms with E-state index in [4.69, 9.17) is 9.47 Å². The fourth-order valence-electron chi connectivity index (χ4n) is 2.35. The first kappa shape index (κ1) is 17.3. The van der Waals surface area contributed by atoms with Crippen molar-refractivity contribution >= 4 is 27.5 Å². The van der Waals surface area contributed by atoms with Crippen molar-refractivity contribution in [2.24, 2.45) is 0 Å². The second-order valence-electron chi connectivity index (χ2n) is 5.03. The van der Waals surface area contributed by atoms with E-state index in [2.05, 4.69) is 28.2 Å². The smallest absolute Gasteiger partial charge is 0.228 e. The van der Waals surface area contributed by atoms with Crippen molar-refractivity contribution in [1.29, 1.82) is 0 Å². The molecule has 0 aromatic heterocycles. The number of nitrogens with one attached hydrogen (secondary N) is 1. The molecule has 23 heavy (non-hydrogen) atoms. The highest BCUT2D eigenvalue weighted by atomic mass is 79.9. The Hall–Kier alpha value is -2.01. The van der Waals surface area contributed by atoms with Gasteiger partial charge in [0.15, 0.2) is 11.5 Å². The van der Waals surface area contributed by atoms with Gasteiger partial charge in [-0.3, -0.25) is 4.79 Å². The topological polar surface area (TPSA) is 47.6 Å². The Balaban J connectivity index is 2.17. The fourth-order valence-corrected chi connectivity index (χ4v) is 2.81. The van der Waals surface area contributed by atoms with Gasteiger partial charge in [0, 0.05) is 10.2 Å². The maximum Gasteiger partial charge on any atom is 0.228 e. The number of benzene rings is 2. The number of hydrogen-bond donors (Lipinski definition) is 1. The molecule has 122 valence electrons. The van der Waals surface area contributed by atoms with E-state index in [1.165, 1.54) is 0 Å². The van der Waals surface area contributed by atoms with Gasteiger partial charge in [-0.25, -0.2) is 0 Å². The van der Waals surface area contributed by atoms with Crippen LogP contribution in [-0.2, 0) is 17.6 Å². The Bertz CT molecular complexity index is 701. The third-order valence-electron chi connectivity index (χ3n) is 3.58. The van der Waals surface area contributed by atoms with Crippen LogP contribution in [0.2, 0.25) is 0 Å². The first-order chi connectivity index (χ1) is 11.1. The molecule has 0 bridgehead atoms. The molecule has 2 aromatic rings. The van der Waals surface area contributed by atoms with Gasteiger partial charge in [0.2, 0.25) is 5.91 Å². The fraction of sp³-hybridized carbons (Fsp3) is 0.278. The van der Waals surface area contributed by atoms with Crippen molar-refractivity contribution in [3.63, 3.8) is 0 Å². The zero-order valence-corrected chi connectivity index (χ0v) is 15.1. The van der Waals surface area contributed by atoms with Crippen LogP contribution in [0.1, 0.15) is 18.1 Å². The van der Waals surface area contributed by atoms with Crippen LogP contribution in [0.25, 0.3) is 0 Å². The summed E-state index contributed by atoms with van der Waals surface area (Å²) in [6, 6.07) is 11.4. The minimum absolute atomic E-state index is 0.0705. The molecule has 5 heteroatoms. The van der Waals surface area contributed by atoms with Gasteiger partial charge in [-0.05, 0) is 35.7 Å². The second-order valence-corrected chi connectivity index (χ2v) is 5.89. The van der Waals surface area contributed by atoms with Crippen molar-refractivity contribution in [2.75, 3.05) is 19.5 Å². The lowest BCUT2D eigenvalue weighted by atomic mass is 10.1. The number of hydrogen-bond acceptors (Lipinski definition) is 3. The number of methoxy groups -OCH3 is 2. The number of para-hydroxylation sites is 1. The number of carbonyl (C=O) groups excluding carboxylic acids is 1. The third kappa shape index (κ3) is 4.26. The average molecular weight is 378 g/mol. The van der Waals surface area contributed by atoms with Gasteiger partial charge >= 0.3 is 0 Å². The van der Waals surface area contributed by atoms with Crippen LogP contribution in [-0.4, -0.2) is 20.1 Å². The standard InChI is InChI=1S/C18H20BrNO3/c1-4-12-7-5-6-8-15(12)20-18(21)10-13-9-16(22-2)17(23-3)11-14(13)19/h5-9,11H,4,10H2,1-3H3,(H,20,21). The monoisotopic (exact) mass is 377 g/mol. The molecule has 0 saturated carbocycles. The molecule has 0 atom stereocenters. The molecule has 2 aromatic carbocycles. The first-order valence-electron chi connectivity index (χ1n) is 7.37. The van der Waals surface area contributed by atoms with E-state index in [9.17, 15) is 4.79 Å². The summed E-state index contributed by atoms with van der Waals surface area (Å²) >= 11 is 3.48. The molecule has 4 nitrogen and oxygen atoms in total. The molecule has 0 aliphatic heterocycles. The SMILES string of the molecule is CCc1ccccc1NC(=O)Cc1cc(OC)c(OC)cc1Br. The van der Waals surface area contributed by atoms with Crippen molar-refractivity contribution in [2.45, 2.75) is 19.8 Å². The highest BCUT2D eigenvalue weighted by Crippen LogP contribution is 2.33. The highest BCUT2D eigenvalue weighted by Gasteiger charge is 2.13. The molecular formula is C18H20BrNO3. The summed E-state index contributed by atoms with van der Waals surface area (Å²) in [5.41, 5.74) is 2.82. The summed E-state index contributed by atoms with van der Waals surface area (Å²) in [5, 5.41) is 2.97. The molecule has 0 unspecified atom stereocenters. The van der Waals surface area contributed by atoms with E-state index in [1.807, 2.05) is 30.3 Å². The molecule has 0 spiro atoms. The number of carbonyl (C=O) groups is 1. The van der Waals surface area contributed by atoms with Crippen LogP contribution in [0.4, 0.5) is 5.69 Å². The van der Waals surface area contributed by atoms with Crippen LogP contribution < -0.4 is 14.8 Å². The minimum Gasteiger partial charge on any atom is -0.493 e. The molecule has 0 saturated heterocycles. The van der Waals surface area contributed by atoms with Gasteiger partial charge in [-0.15, -0.1) is 0 Å². The summed E-state index contributed by atoms with van der Waals surface area (Å²) < 4.78 is 11.4. The summed E-state index contributed by atoms with van der Waals surface area (Å²) in [5.74, 6) is 1.16. The predicted octanol–water partition coefficient (Wildman–Crippen LogP) is 4.21. The zero-order chi connectivity index (χ0) is 16.8. The number of aryl methyl sites for hydroxylation is 1. The van der Waals surface area contributed by atoms with E-state index in [0.29, 0.717) is 11.5 Å². The lowest BCUT2D eigenvalue weighted by Crippen LogP contribution is -2.16. The number of halogens is 1. The Morgan fingerprint density at radius 2 is 1.74 bits per heavy atom. The second kappa shape index (κ2) is 8.02.